The molecular formula is C11H9FeNS. The van der Waals surface area contributed by atoms with Gasteiger partial charge in [0, 0.05) is 0 Å². The zero-order valence-corrected chi connectivity index (χ0v) is 9.33. The van der Waals surface area contributed by atoms with Crippen molar-refractivity contribution in [3.8, 4) is 5.40 Å². The molecule has 72 valence electrons. The summed E-state index contributed by atoms with van der Waals surface area (Å²) < 4.78 is 0.799. The predicted molar refractivity (Wildman–Crippen MR) is 49.7 cm³/mol. The van der Waals surface area contributed by atoms with Crippen LogP contribution in [0.1, 0.15) is 0 Å². The van der Waals surface area contributed by atoms with E-state index in [-0.39, 0.29) is 0 Å². The molecule has 4 atom stereocenters. The molecule has 0 aromatic carbocycles. The monoisotopic (exact) mass is 243 g/mol. The molecule has 0 saturated carbocycles. The van der Waals surface area contributed by atoms with Crippen LogP contribution in [0.5, 0.6) is 0 Å². The summed E-state index contributed by atoms with van der Waals surface area (Å²) in [6.07, 6.45) is 0. The number of thiocyanates is 1. The second-order valence-corrected chi connectivity index (χ2v) is 34.8. The van der Waals surface area contributed by atoms with E-state index in [1.807, 2.05) is 11.8 Å². The Hall–Kier alpha value is 0.359. The summed E-state index contributed by atoms with van der Waals surface area (Å²) in [6.45, 7) is -2.80. The third kappa shape index (κ3) is 0.0338. The van der Waals surface area contributed by atoms with Gasteiger partial charge in [-0.2, -0.15) is 0 Å². The summed E-state index contributed by atoms with van der Waals surface area (Å²) in [5, 5.41) is 11.7. The molecule has 10 fully saturated rings. The molecule has 0 bridgehead atoms. The van der Waals surface area contributed by atoms with Crippen molar-refractivity contribution in [2.45, 2.75) is 47.0 Å². The van der Waals surface area contributed by atoms with Crippen LogP contribution in [0.4, 0.5) is 0 Å². The Kier molecular flexibility index (Phi) is 0.106. The van der Waals surface area contributed by atoms with Crippen LogP contribution in [0.2, 0.25) is 43.3 Å². The number of nitriles is 1. The van der Waals surface area contributed by atoms with Crippen LogP contribution in [0.3, 0.4) is 0 Å². The number of thioether (sulfide) groups is 1. The van der Waals surface area contributed by atoms with Crippen LogP contribution < -0.4 is 0 Å². The Morgan fingerprint density at radius 1 is 0.929 bits per heavy atom. The molecule has 0 N–H and O–H groups in total. The van der Waals surface area contributed by atoms with Gasteiger partial charge < -0.3 is 0 Å². The van der Waals surface area contributed by atoms with Crippen LogP contribution in [0.15, 0.2) is 0 Å². The molecule has 10 heterocycles. The van der Waals surface area contributed by atoms with Crippen molar-refractivity contribution in [2.75, 3.05) is 0 Å². The van der Waals surface area contributed by atoms with Crippen LogP contribution in [0, 0.1) is 10.7 Å². The fraction of sp³-hybridized carbons (Fsp3) is 0.909. The fourth-order valence-corrected chi connectivity index (χ4v) is 98.0. The summed E-state index contributed by atoms with van der Waals surface area (Å²) >= 11 is 1.85. The van der Waals surface area contributed by atoms with E-state index in [0.29, 0.717) is 0 Å². The second kappa shape index (κ2) is 0.316. The van der Waals surface area contributed by atoms with Gasteiger partial charge in [-0.05, 0) is 0 Å². The van der Waals surface area contributed by atoms with Crippen molar-refractivity contribution in [1.82, 2.24) is 0 Å². The predicted octanol–water partition coefficient (Wildman–Crippen LogP) is 3.50. The summed E-state index contributed by atoms with van der Waals surface area (Å²) in [5.74, 6) is 0. The van der Waals surface area contributed by atoms with Gasteiger partial charge in [-0.15, -0.1) is 0 Å². The first kappa shape index (κ1) is 4.70. The van der Waals surface area contributed by atoms with Gasteiger partial charge in [0.15, 0.2) is 0 Å². The van der Waals surface area contributed by atoms with Crippen LogP contribution in [-0.4, -0.2) is 3.65 Å². The van der Waals surface area contributed by atoms with E-state index in [4.69, 9.17) is 5.26 Å². The van der Waals surface area contributed by atoms with E-state index >= 15 is 0 Å². The van der Waals surface area contributed by atoms with Crippen molar-refractivity contribution in [2.24, 2.45) is 0 Å². The quantitative estimate of drug-likeness (QED) is 0.519. The number of fused-ring (bicyclic) bond motifs is 10. The summed E-state index contributed by atoms with van der Waals surface area (Å²) in [6, 6.07) is 0. The molecule has 1 nitrogen and oxygen atoms in total. The van der Waals surface area contributed by atoms with Crippen molar-refractivity contribution in [3.63, 3.8) is 0 Å². The third-order valence-electron chi connectivity index (χ3n) is 14.7. The zero-order chi connectivity index (χ0) is 8.43. The van der Waals surface area contributed by atoms with Gasteiger partial charge in [-0.1, -0.05) is 0 Å². The molecule has 0 aromatic rings. The van der Waals surface area contributed by atoms with Crippen molar-refractivity contribution < 1.29 is 6.51 Å². The van der Waals surface area contributed by atoms with Crippen LogP contribution in [0.25, 0.3) is 0 Å². The first-order chi connectivity index (χ1) is 6.61. The number of hydrogen-bond acceptors (Lipinski definition) is 2. The van der Waals surface area contributed by atoms with E-state index in [1.165, 1.54) is 43.3 Å². The van der Waals surface area contributed by atoms with Crippen LogP contribution >= 0.6 is 11.8 Å². The molecule has 10 saturated heterocycles. The summed E-state index contributed by atoms with van der Waals surface area (Å²) in [4.78, 5) is 12.3. The zero-order valence-electron chi connectivity index (χ0n) is 7.41. The number of rotatable bonds is 1. The molecule has 0 aromatic heterocycles. The van der Waals surface area contributed by atoms with Gasteiger partial charge in [-0.3, -0.25) is 0 Å². The van der Waals surface area contributed by atoms with E-state index in [1.54, 1.807) is 0 Å². The Morgan fingerprint density at radius 3 is 1.64 bits per heavy atom. The minimum absolute atomic E-state index is 0.799. The molecule has 0 radical (unpaired) electrons. The molecule has 14 heavy (non-hydrogen) atoms. The maximum atomic E-state index is 9.14. The molecule has 0 amide bonds. The molecule has 4 unspecified atom stereocenters. The van der Waals surface area contributed by atoms with E-state index in [2.05, 4.69) is 5.40 Å². The number of nitrogens with zero attached hydrogens (tertiary/aromatic N) is 1. The SMILES string of the molecule is N#CS[C]12[CH]3[CH]4[CH]5[CH]1[Fe]45321678[CH]2[CH]1[CH]6[CH]7[CH]28. The normalized spacial score (nSPS) is 142. The molecule has 1 spiro atoms. The molecule has 3 heteroatoms. The molecule has 10 aliphatic heterocycles. The summed E-state index contributed by atoms with van der Waals surface area (Å²) in [7, 11) is 0. The average Bonchev–Trinajstić information content (AvgIpc) is 3.14. The Morgan fingerprint density at radius 2 is 1.43 bits per heavy atom. The fourth-order valence-electron chi connectivity index (χ4n) is 16.3. The second-order valence-electron chi connectivity index (χ2n) is 9.80. The third-order valence-corrected chi connectivity index (χ3v) is 61.3. The average molecular weight is 243 g/mol. The molecule has 10 rings (SSSR count). The standard InChI is InChI=1S/C6H4NS.C5H5.Fe/c7-5-8-6-3-1-2-4-6;1-2-4-5-3-1;/h1-4H;1-5H;. The summed E-state index contributed by atoms with van der Waals surface area (Å²) in [5.41, 5.74) is 0. The Labute approximate surface area is 75.9 Å². The van der Waals surface area contributed by atoms with Gasteiger partial charge in [0.05, 0.1) is 0 Å². The number of hydrogen-bond donors (Lipinski definition) is 0. The van der Waals surface area contributed by atoms with Crippen LogP contribution in [-0.2, 0) is 6.51 Å². The van der Waals surface area contributed by atoms with Gasteiger partial charge in [-0.25, -0.2) is 0 Å². The molecular weight excluding hydrogens is 234 g/mol. The van der Waals surface area contributed by atoms with Crippen molar-refractivity contribution in [1.29, 1.82) is 5.26 Å². The van der Waals surface area contributed by atoms with E-state index in [0.717, 1.165) is 3.65 Å². The molecule has 10 aliphatic rings. The van der Waals surface area contributed by atoms with Gasteiger partial charge in [0.2, 0.25) is 0 Å². The minimum atomic E-state index is -2.80. The first-order valence-electron chi connectivity index (χ1n) is 5.89. The van der Waals surface area contributed by atoms with E-state index < -0.39 is 6.51 Å². The van der Waals surface area contributed by atoms with Crippen molar-refractivity contribution >= 4 is 11.8 Å². The maximum absolute atomic E-state index is 9.14. The van der Waals surface area contributed by atoms with Gasteiger partial charge in [0.25, 0.3) is 0 Å². The van der Waals surface area contributed by atoms with E-state index in [9.17, 15) is 0 Å². The molecule has 0 aliphatic carbocycles. The van der Waals surface area contributed by atoms with Crippen molar-refractivity contribution in [3.05, 3.63) is 0 Å². The van der Waals surface area contributed by atoms with Gasteiger partial charge >= 0.3 is 75.9 Å². The first-order valence-corrected chi connectivity index (χ1v) is 13.0. The Balaban J connectivity index is 1.90. The Bertz CT molecular complexity index is 860. The van der Waals surface area contributed by atoms with Gasteiger partial charge in [0.1, 0.15) is 0 Å². The topological polar surface area (TPSA) is 23.8 Å².